The molecular weight excluding hydrogens is 436 g/mol. The predicted molar refractivity (Wildman–Crippen MR) is 107 cm³/mol. The summed E-state index contributed by atoms with van der Waals surface area (Å²) >= 11 is 9.15. The van der Waals surface area contributed by atoms with E-state index in [4.69, 9.17) is 21.1 Å². The molecule has 0 saturated heterocycles. The first kappa shape index (κ1) is 21.1. The van der Waals surface area contributed by atoms with Crippen LogP contribution in [0, 0.1) is 6.92 Å². The van der Waals surface area contributed by atoms with E-state index in [1.807, 2.05) is 32.0 Å². The first-order valence-electron chi connectivity index (χ1n) is 8.29. The minimum Gasteiger partial charge on any atom is -0.483 e. The molecule has 1 atom stereocenters. The summed E-state index contributed by atoms with van der Waals surface area (Å²) in [6.07, 6.45) is -0.275. The highest BCUT2D eigenvalue weighted by Crippen LogP contribution is 2.27. The topological polar surface area (TPSA) is 76.7 Å². The van der Waals surface area contributed by atoms with Crippen molar-refractivity contribution in [2.24, 2.45) is 0 Å². The van der Waals surface area contributed by atoms with Gasteiger partial charge < -0.3 is 9.47 Å². The molecule has 0 radical (unpaired) electrons. The van der Waals surface area contributed by atoms with Crippen molar-refractivity contribution in [2.45, 2.75) is 26.4 Å². The summed E-state index contributed by atoms with van der Waals surface area (Å²) in [5, 5.41) is 0.546. The molecule has 27 heavy (non-hydrogen) atoms. The number of benzene rings is 2. The zero-order valence-corrected chi connectivity index (χ0v) is 17.3. The minimum atomic E-state index is -0.724. The van der Waals surface area contributed by atoms with E-state index in [9.17, 15) is 9.59 Å². The molecule has 0 heterocycles. The van der Waals surface area contributed by atoms with Crippen LogP contribution in [0.1, 0.15) is 18.9 Å². The molecule has 2 rings (SSSR count). The van der Waals surface area contributed by atoms with Gasteiger partial charge in [-0.05, 0) is 65.2 Å². The van der Waals surface area contributed by atoms with Crippen molar-refractivity contribution in [1.29, 1.82) is 0 Å². The number of halogens is 2. The maximum Gasteiger partial charge on any atom is 0.279 e. The van der Waals surface area contributed by atoms with Crippen LogP contribution < -0.4 is 20.3 Å². The summed E-state index contributed by atoms with van der Waals surface area (Å²) in [5.74, 6) is 0.116. The Labute approximate surface area is 171 Å². The Morgan fingerprint density at radius 3 is 2.63 bits per heavy atom. The van der Waals surface area contributed by atoms with Crippen molar-refractivity contribution < 1.29 is 19.1 Å². The lowest BCUT2D eigenvalue weighted by Crippen LogP contribution is -2.49. The Hall–Kier alpha value is -2.25. The number of ether oxygens (including phenoxy) is 2. The monoisotopic (exact) mass is 454 g/mol. The van der Waals surface area contributed by atoms with E-state index in [0.717, 1.165) is 5.56 Å². The van der Waals surface area contributed by atoms with Gasteiger partial charge in [-0.1, -0.05) is 30.7 Å². The van der Waals surface area contributed by atoms with E-state index >= 15 is 0 Å². The van der Waals surface area contributed by atoms with Crippen LogP contribution in [-0.2, 0) is 9.59 Å². The van der Waals surface area contributed by atoms with E-state index in [1.54, 1.807) is 24.3 Å². The second kappa shape index (κ2) is 10.2. The number of amides is 2. The summed E-state index contributed by atoms with van der Waals surface area (Å²) in [6, 6.07) is 12.4. The third-order valence-corrected chi connectivity index (χ3v) is 4.36. The van der Waals surface area contributed by atoms with Gasteiger partial charge in [0.2, 0.25) is 0 Å². The molecule has 0 saturated carbocycles. The normalized spacial score (nSPS) is 11.4. The lowest BCUT2D eigenvalue weighted by atomic mass is 10.2. The first-order chi connectivity index (χ1) is 12.9. The third kappa shape index (κ3) is 6.77. The maximum atomic E-state index is 12.2. The fourth-order valence-corrected chi connectivity index (χ4v) is 2.96. The van der Waals surface area contributed by atoms with Gasteiger partial charge >= 0.3 is 0 Å². The first-order valence-corrected chi connectivity index (χ1v) is 9.46. The summed E-state index contributed by atoms with van der Waals surface area (Å²) in [4.78, 5) is 24.1. The number of carbonyl (C=O) groups excluding carboxylic acids is 2. The van der Waals surface area contributed by atoms with Crippen LogP contribution in [0.25, 0.3) is 0 Å². The summed E-state index contributed by atoms with van der Waals surface area (Å²) in [7, 11) is 0. The highest BCUT2D eigenvalue weighted by Gasteiger charge is 2.19. The van der Waals surface area contributed by atoms with Gasteiger partial charge in [0, 0.05) is 5.02 Å². The van der Waals surface area contributed by atoms with Gasteiger partial charge in [0.15, 0.2) is 12.7 Å². The molecule has 0 aliphatic rings. The van der Waals surface area contributed by atoms with E-state index in [1.165, 1.54) is 0 Å². The fourth-order valence-electron chi connectivity index (χ4n) is 2.16. The van der Waals surface area contributed by atoms with E-state index < -0.39 is 17.9 Å². The van der Waals surface area contributed by atoms with E-state index in [2.05, 4.69) is 26.8 Å². The molecule has 0 aromatic heterocycles. The van der Waals surface area contributed by atoms with Crippen LogP contribution in [0.5, 0.6) is 11.5 Å². The smallest absolute Gasteiger partial charge is 0.279 e. The molecule has 0 spiro atoms. The van der Waals surface area contributed by atoms with Crippen LogP contribution in [-0.4, -0.2) is 24.5 Å². The van der Waals surface area contributed by atoms with Crippen molar-refractivity contribution in [1.82, 2.24) is 10.9 Å². The minimum absolute atomic E-state index is 0.268. The van der Waals surface area contributed by atoms with Crippen molar-refractivity contribution in [3.63, 3.8) is 0 Å². The second-order valence-electron chi connectivity index (χ2n) is 5.73. The molecule has 0 aliphatic carbocycles. The molecule has 2 N–H and O–H groups in total. The van der Waals surface area contributed by atoms with Gasteiger partial charge in [-0.25, -0.2) is 0 Å². The lowest BCUT2D eigenvalue weighted by Gasteiger charge is -2.18. The van der Waals surface area contributed by atoms with Crippen LogP contribution >= 0.6 is 27.5 Å². The molecular formula is C19H20BrClN2O4. The second-order valence-corrected chi connectivity index (χ2v) is 7.02. The summed E-state index contributed by atoms with van der Waals surface area (Å²) in [6.45, 7) is 3.49. The van der Waals surface area contributed by atoms with Crippen molar-refractivity contribution >= 4 is 39.3 Å². The van der Waals surface area contributed by atoms with E-state index in [-0.39, 0.29) is 6.61 Å². The summed E-state index contributed by atoms with van der Waals surface area (Å²) < 4.78 is 11.7. The number of rotatable bonds is 7. The molecule has 8 heteroatoms. The maximum absolute atomic E-state index is 12.2. The SMILES string of the molecule is CCC(Oc1cccc(C)c1)C(=O)NNC(=O)COc1ccc(Cl)cc1Br. The number of aryl methyl sites for hydroxylation is 1. The molecule has 0 aliphatic heterocycles. The van der Waals surface area contributed by atoms with Crippen molar-refractivity contribution in [3.05, 3.63) is 57.5 Å². The number of nitrogens with one attached hydrogen (secondary N) is 2. The van der Waals surface area contributed by atoms with Crippen LogP contribution in [0.3, 0.4) is 0 Å². The molecule has 1 unspecified atom stereocenters. The van der Waals surface area contributed by atoms with Gasteiger partial charge in [-0.3, -0.25) is 20.4 Å². The molecule has 2 aromatic rings. The van der Waals surface area contributed by atoms with Crippen molar-refractivity contribution in [3.8, 4) is 11.5 Å². The zero-order valence-electron chi connectivity index (χ0n) is 14.9. The highest BCUT2D eigenvalue weighted by atomic mass is 79.9. The Kier molecular flexibility index (Phi) is 7.94. The van der Waals surface area contributed by atoms with Gasteiger partial charge in [-0.15, -0.1) is 0 Å². The number of hydrogen-bond acceptors (Lipinski definition) is 4. The number of carbonyl (C=O) groups is 2. The Bertz CT molecular complexity index is 816. The molecule has 144 valence electrons. The number of hydrogen-bond donors (Lipinski definition) is 2. The number of hydrazine groups is 1. The Balaban J connectivity index is 1.81. The Morgan fingerprint density at radius 2 is 1.96 bits per heavy atom. The summed E-state index contributed by atoms with van der Waals surface area (Å²) in [5.41, 5.74) is 5.69. The van der Waals surface area contributed by atoms with Crippen LogP contribution in [0.2, 0.25) is 5.02 Å². The third-order valence-electron chi connectivity index (χ3n) is 3.51. The van der Waals surface area contributed by atoms with Gasteiger partial charge in [0.25, 0.3) is 11.8 Å². The van der Waals surface area contributed by atoms with Crippen LogP contribution in [0.4, 0.5) is 0 Å². The van der Waals surface area contributed by atoms with Gasteiger partial charge in [-0.2, -0.15) is 0 Å². The lowest BCUT2D eigenvalue weighted by molar-refractivity contribution is -0.134. The predicted octanol–water partition coefficient (Wildman–Crippen LogP) is 3.79. The van der Waals surface area contributed by atoms with Crippen LogP contribution in [0.15, 0.2) is 46.9 Å². The van der Waals surface area contributed by atoms with Gasteiger partial charge in [0.1, 0.15) is 11.5 Å². The molecule has 6 nitrogen and oxygen atoms in total. The van der Waals surface area contributed by atoms with Gasteiger partial charge in [0.05, 0.1) is 4.47 Å². The van der Waals surface area contributed by atoms with Crippen molar-refractivity contribution in [2.75, 3.05) is 6.61 Å². The standard InChI is InChI=1S/C19H20BrClN2O4/c1-3-16(27-14-6-4-5-12(2)9-14)19(25)23-22-18(24)11-26-17-8-7-13(21)10-15(17)20/h4-10,16H,3,11H2,1-2H3,(H,22,24)(H,23,25). The van der Waals surface area contributed by atoms with E-state index in [0.29, 0.717) is 27.4 Å². The molecule has 2 aromatic carbocycles. The average Bonchev–Trinajstić information content (AvgIpc) is 2.63. The molecule has 0 fully saturated rings. The largest absolute Gasteiger partial charge is 0.483 e. The zero-order chi connectivity index (χ0) is 19.8. The average molecular weight is 456 g/mol. The fraction of sp³-hybridized carbons (Fsp3) is 0.263. The Morgan fingerprint density at radius 1 is 1.19 bits per heavy atom. The molecule has 2 amide bonds. The quantitative estimate of drug-likeness (QED) is 0.623. The molecule has 0 bridgehead atoms. The highest BCUT2D eigenvalue weighted by molar-refractivity contribution is 9.10.